The van der Waals surface area contributed by atoms with Crippen molar-refractivity contribution >= 4 is 16.9 Å². The molecular weight excluding hydrogens is 422 g/mol. The summed E-state index contributed by atoms with van der Waals surface area (Å²) in [5.74, 6) is 0.783. The molecule has 2 aromatic carbocycles. The van der Waals surface area contributed by atoms with Gasteiger partial charge in [0.1, 0.15) is 12.2 Å². The molecule has 0 aliphatic carbocycles. The van der Waals surface area contributed by atoms with Crippen LogP contribution in [0.2, 0.25) is 0 Å². The molecule has 33 heavy (non-hydrogen) atoms. The highest BCUT2D eigenvalue weighted by Gasteiger charge is 2.43. The number of aryl methyl sites for hydroxylation is 2. The zero-order valence-electron chi connectivity index (χ0n) is 19.3. The molecule has 7 heteroatoms. The van der Waals surface area contributed by atoms with Gasteiger partial charge in [-0.25, -0.2) is 0 Å². The van der Waals surface area contributed by atoms with Gasteiger partial charge >= 0.3 is 0 Å². The van der Waals surface area contributed by atoms with E-state index in [4.69, 9.17) is 18.6 Å². The van der Waals surface area contributed by atoms with E-state index in [9.17, 15) is 9.59 Å². The van der Waals surface area contributed by atoms with E-state index in [2.05, 4.69) is 6.58 Å². The van der Waals surface area contributed by atoms with Crippen molar-refractivity contribution in [1.82, 2.24) is 4.90 Å². The first kappa shape index (κ1) is 22.6. The van der Waals surface area contributed by atoms with Crippen LogP contribution in [0.4, 0.5) is 0 Å². The van der Waals surface area contributed by atoms with Crippen LogP contribution in [0.3, 0.4) is 0 Å². The molecule has 172 valence electrons. The van der Waals surface area contributed by atoms with Crippen molar-refractivity contribution in [2.24, 2.45) is 0 Å². The Morgan fingerprint density at radius 3 is 2.61 bits per heavy atom. The first-order valence-electron chi connectivity index (χ1n) is 10.7. The summed E-state index contributed by atoms with van der Waals surface area (Å²) in [5.41, 5.74) is 3.04. The third-order valence-corrected chi connectivity index (χ3v) is 5.81. The van der Waals surface area contributed by atoms with Crippen molar-refractivity contribution in [3.63, 3.8) is 0 Å². The predicted octanol–water partition coefficient (Wildman–Crippen LogP) is 4.17. The Morgan fingerprint density at radius 1 is 1.12 bits per heavy atom. The Balaban J connectivity index is 1.93. The third-order valence-electron chi connectivity index (χ3n) is 5.81. The number of carbonyl (C=O) groups excluding carboxylic acids is 1. The number of rotatable bonds is 8. The van der Waals surface area contributed by atoms with Crippen LogP contribution in [-0.2, 0) is 4.74 Å². The summed E-state index contributed by atoms with van der Waals surface area (Å²) in [7, 11) is 3.12. The van der Waals surface area contributed by atoms with Crippen molar-refractivity contribution in [2.45, 2.75) is 19.9 Å². The number of fused-ring (bicyclic) bond motifs is 2. The van der Waals surface area contributed by atoms with Gasteiger partial charge in [-0.2, -0.15) is 0 Å². The lowest BCUT2D eigenvalue weighted by Gasteiger charge is -2.25. The van der Waals surface area contributed by atoms with E-state index in [0.717, 1.165) is 16.7 Å². The summed E-state index contributed by atoms with van der Waals surface area (Å²) in [6.07, 6.45) is 1.64. The highest BCUT2D eigenvalue weighted by atomic mass is 16.5. The molecule has 0 spiro atoms. The Bertz CT molecular complexity index is 1290. The van der Waals surface area contributed by atoms with Gasteiger partial charge in [0.05, 0.1) is 30.7 Å². The average Bonchev–Trinajstić information content (AvgIpc) is 3.07. The molecule has 2 heterocycles. The van der Waals surface area contributed by atoms with Gasteiger partial charge in [0.25, 0.3) is 5.91 Å². The molecule has 0 saturated heterocycles. The summed E-state index contributed by atoms with van der Waals surface area (Å²) in [6.45, 7) is 8.42. The van der Waals surface area contributed by atoms with Gasteiger partial charge < -0.3 is 23.5 Å². The van der Waals surface area contributed by atoms with E-state index < -0.39 is 6.04 Å². The average molecular weight is 450 g/mol. The lowest BCUT2D eigenvalue weighted by molar-refractivity contribution is 0.0663. The molecular formula is C26H27NO6. The molecule has 0 bridgehead atoms. The van der Waals surface area contributed by atoms with Gasteiger partial charge in [0, 0.05) is 13.7 Å². The molecule has 0 radical (unpaired) electrons. The lowest BCUT2D eigenvalue weighted by Crippen LogP contribution is -2.32. The van der Waals surface area contributed by atoms with Crippen molar-refractivity contribution in [3.8, 4) is 11.5 Å². The molecule has 4 rings (SSSR count). The second kappa shape index (κ2) is 9.11. The molecule has 0 N–H and O–H groups in total. The van der Waals surface area contributed by atoms with Gasteiger partial charge in [-0.1, -0.05) is 24.8 Å². The van der Waals surface area contributed by atoms with Gasteiger partial charge in [-0.3, -0.25) is 9.59 Å². The minimum atomic E-state index is -0.633. The summed E-state index contributed by atoms with van der Waals surface area (Å²) >= 11 is 0. The van der Waals surface area contributed by atoms with Crippen molar-refractivity contribution in [1.29, 1.82) is 0 Å². The second-order valence-electron chi connectivity index (χ2n) is 8.03. The minimum absolute atomic E-state index is 0.0737. The molecule has 7 nitrogen and oxygen atoms in total. The number of benzene rings is 2. The van der Waals surface area contributed by atoms with Crippen molar-refractivity contribution in [2.75, 3.05) is 34.0 Å². The van der Waals surface area contributed by atoms with E-state index in [-0.39, 0.29) is 17.1 Å². The quantitative estimate of drug-likeness (QED) is 0.480. The lowest BCUT2D eigenvalue weighted by atomic mass is 9.96. The monoisotopic (exact) mass is 449 g/mol. The van der Waals surface area contributed by atoms with Crippen LogP contribution in [0.1, 0.15) is 38.9 Å². The molecule has 1 amide bonds. The topological polar surface area (TPSA) is 78.2 Å². The maximum absolute atomic E-state index is 13.7. The van der Waals surface area contributed by atoms with Crippen LogP contribution in [0.25, 0.3) is 11.0 Å². The summed E-state index contributed by atoms with van der Waals surface area (Å²) in [4.78, 5) is 28.7. The van der Waals surface area contributed by atoms with Gasteiger partial charge in [0.2, 0.25) is 5.76 Å². The molecule has 1 aromatic heterocycles. The number of carbonyl (C=O) groups is 1. The number of nitrogens with zero attached hydrogens (tertiary/aromatic N) is 1. The minimum Gasteiger partial charge on any atom is -0.493 e. The zero-order chi connectivity index (χ0) is 23.7. The zero-order valence-corrected chi connectivity index (χ0v) is 19.3. The van der Waals surface area contributed by atoms with E-state index in [1.807, 2.05) is 26.0 Å². The maximum atomic E-state index is 13.7. The van der Waals surface area contributed by atoms with Crippen LogP contribution < -0.4 is 14.9 Å². The van der Waals surface area contributed by atoms with Gasteiger partial charge in [0.15, 0.2) is 16.9 Å². The largest absolute Gasteiger partial charge is 0.493 e. The predicted molar refractivity (Wildman–Crippen MR) is 125 cm³/mol. The van der Waals surface area contributed by atoms with E-state index in [0.29, 0.717) is 47.8 Å². The first-order valence-corrected chi connectivity index (χ1v) is 10.7. The number of hydrogen-bond donors (Lipinski definition) is 0. The summed E-state index contributed by atoms with van der Waals surface area (Å²) in [6, 6.07) is 8.49. The van der Waals surface area contributed by atoms with Crippen LogP contribution in [0.15, 0.2) is 52.2 Å². The number of amides is 1. The molecule has 1 aliphatic heterocycles. The van der Waals surface area contributed by atoms with Gasteiger partial charge in [-0.05, 0) is 48.7 Å². The Labute approximate surface area is 192 Å². The van der Waals surface area contributed by atoms with Crippen molar-refractivity contribution < 1.29 is 23.4 Å². The first-order chi connectivity index (χ1) is 15.9. The third kappa shape index (κ3) is 3.89. The van der Waals surface area contributed by atoms with E-state index >= 15 is 0 Å². The van der Waals surface area contributed by atoms with Crippen molar-refractivity contribution in [3.05, 3.63) is 81.2 Å². The fourth-order valence-electron chi connectivity index (χ4n) is 4.40. The van der Waals surface area contributed by atoms with Crippen LogP contribution in [0, 0.1) is 13.8 Å². The molecule has 1 aliphatic rings. The smallest absolute Gasteiger partial charge is 0.290 e. The van der Waals surface area contributed by atoms with Crippen LogP contribution >= 0.6 is 0 Å². The molecule has 0 saturated carbocycles. The Morgan fingerprint density at radius 2 is 1.91 bits per heavy atom. The second-order valence-corrected chi connectivity index (χ2v) is 8.03. The number of ether oxygens (including phenoxy) is 3. The highest BCUT2D eigenvalue weighted by Crippen LogP contribution is 2.41. The fourth-order valence-corrected chi connectivity index (χ4v) is 4.40. The van der Waals surface area contributed by atoms with Crippen LogP contribution in [0.5, 0.6) is 11.5 Å². The van der Waals surface area contributed by atoms with Crippen LogP contribution in [-0.4, -0.2) is 44.8 Å². The standard InChI is InChI=1S/C26H27NO6/c1-6-10-32-18-8-7-17(14-19(18)31-5)23-22-24(28)21-16(3)12-15(2)13-20(21)33-25(22)26(29)27(23)9-11-30-4/h6-8,12-14,23H,1,9-11H2,2-5H3. The van der Waals surface area contributed by atoms with E-state index in [1.165, 1.54) is 0 Å². The van der Waals surface area contributed by atoms with Gasteiger partial charge in [-0.15, -0.1) is 0 Å². The number of hydrogen-bond acceptors (Lipinski definition) is 6. The molecule has 0 fully saturated rings. The fraction of sp³-hybridized carbons (Fsp3) is 0.308. The SMILES string of the molecule is C=CCOc1ccc(C2c3c(oc4cc(C)cc(C)c4c3=O)C(=O)N2CCOC)cc1OC. The normalized spacial score (nSPS) is 15.1. The Kier molecular flexibility index (Phi) is 6.24. The maximum Gasteiger partial charge on any atom is 0.290 e. The Hall–Kier alpha value is -3.58. The molecule has 1 atom stereocenters. The summed E-state index contributed by atoms with van der Waals surface area (Å²) in [5, 5.41) is 0.489. The molecule has 1 unspecified atom stereocenters. The highest BCUT2D eigenvalue weighted by molar-refractivity contribution is 5.99. The van der Waals surface area contributed by atoms with E-state index in [1.54, 1.807) is 43.4 Å². The summed E-state index contributed by atoms with van der Waals surface area (Å²) < 4.78 is 22.5. The molecule has 3 aromatic rings. The number of methoxy groups -OCH3 is 2.